The molecule has 1 heterocycles. The molecule has 1 aliphatic rings. The highest BCUT2D eigenvalue weighted by molar-refractivity contribution is 5.73. The molecule has 0 aromatic rings. The van der Waals surface area contributed by atoms with Crippen molar-refractivity contribution in [2.45, 2.75) is 55.1 Å². The van der Waals surface area contributed by atoms with Crippen LogP contribution in [0, 0.1) is 0 Å². The van der Waals surface area contributed by atoms with Gasteiger partial charge in [0.1, 0.15) is 42.7 Å². The van der Waals surface area contributed by atoms with Gasteiger partial charge in [-0.3, -0.25) is 0 Å². The van der Waals surface area contributed by atoms with Crippen molar-refractivity contribution < 1.29 is 59.9 Å². The molecular weight excluding hydrogens is 336 g/mol. The lowest BCUT2D eigenvalue weighted by atomic mass is 9.98. The maximum absolute atomic E-state index is 11.0. The highest BCUT2D eigenvalue weighted by atomic mass is 16.7. The fraction of sp³-hybridized carbons (Fsp3) is 0.833. The summed E-state index contributed by atoms with van der Waals surface area (Å²) in [6.45, 7) is -0.932. The van der Waals surface area contributed by atoms with E-state index in [1.165, 1.54) is 0 Å². The van der Waals surface area contributed by atoms with Crippen molar-refractivity contribution in [1.29, 1.82) is 0 Å². The summed E-state index contributed by atoms with van der Waals surface area (Å²) in [5.74, 6) is -1.68. The molecule has 8 N–H and O–H groups in total. The van der Waals surface area contributed by atoms with Gasteiger partial charge in [-0.15, -0.1) is 0 Å². The minimum Gasteiger partial charge on any atom is -0.479 e. The van der Waals surface area contributed by atoms with Gasteiger partial charge in [0, 0.05) is 0 Å². The van der Waals surface area contributed by atoms with Crippen LogP contribution < -0.4 is 0 Å². The Morgan fingerprint density at radius 1 is 1.08 bits per heavy atom. The zero-order valence-electron chi connectivity index (χ0n) is 12.2. The fourth-order valence-corrected chi connectivity index (χ4v) is 2.04. The largest absolute Gasteiger partial charge is 0.479 e. The second-order valence-corrected chi connectivity index (χ2v) is 5.20. The number of aliphatic carboxylic acids is 1. The number of carboxylic acids is 1. The summed E-state index contributed by atoms with van der Waals surface area (Å²) in [6, 6.07) is 0. The van der Waals surface area contributed by atoms with Gasteiger partial charge < -0.3 is 55.1 Å². The van der Waals surface area contributed by atoms with Gasteiger partial charge in [-0.05, 0) is 0 Å². The van der Waals surface area contributed by atoms with Crippen LogP contribution in [0.5, 0.6) is 0 Å². The number of rotatable bonds is 8. The molecule has 0 bridgehead atoms. The van der Waals surface area contributed by atoms with Crippen molar-refractivity contribution in [1.82, 2.24) is 0 Å². The Hall–Kier alpha value is -1.22. The minimum absolute atomic E-state index is 0.0265. The average Bonchev–Trinajstić information content (AvgIpc) is 2.56. The number of ether oxygens (including phenoxy) is 2. The number of aliphatic hydroxyl groups excluding tert-OH is 7. The number of carboxylic acid groups (broad SMARTS) is 1. The lowest BCUT2D eigenvalue weighted by Crippen LogP contribution is -2.61. The van der Waals surface area contributed by atoms with Crippen LogP contribution in [-0.2, 0) is 19.1 Å². The summed E-state index contributed by atoms with van der Waals surface area (Å²) in [4.78, 5) is 21.9. The number of carbonyl (C=O) groups excluding carboxylic acids is 1. The van der Waals surface area contributed by atoms with E-state index >= 15 is 0 Å². The Kier molecular flexibility index (Phi) is 7.59. The lowest BCUT2D eigenvalue weighted by Gasteiger charge is -2.40. The third kappa shape index (κ3) is 4.44. The van der Waals surface area contributed by atoms with Gasteiger partial charge in [0.15, 0.2) is 18.7 Å². The summed E-state index contributed by atoms with van der Waals surface area (Å²) in [6.07, 6.45) is -17.6. The number of aliphatic hydroxyl groups is 7. The Bertz CT molecular complexity index is 430. The third-order valence-corrected chi connectivity index (χ3v) is 3.51. The van der Waals surface area contributed by atoms with Gasteiger partial charge in [-0.1, -0.05) is 0 Å². The molecular formula is C12H20O12. The molecule has 0 aromatic heterocycles. The van der Waals surface area contributed by atoms with E-state index in [0.717, 1.165) is 0 Å². The third-order valence-electron chi connectivity index (χ3n) is 3.51. The van der Waals surface area contributed by atoms with Crippen LogP contribution in [0.15, 0.2) is 0 Å². The van der Waals surface area contributed by atoms with E-state index in [9.17, 15) is 40.2 Å². The summed E-state index contributed by atoms with van der Waals surface area (Å²) >= 11 is 0. The van der Waals surface area contributed by atoms with Gasteiger partial charge in [0.2, 0.25) is 0 Å². The van der Waals surface area contributed by atoms with Crippen molar-refractivity contribution in [2.75, 3.05) is 6.61 Å². The molecule has 12 nitrogen and oxygen atoms in total. The Morgan fingerprint density at radius 2 is 1.67 bits per heavy atom. The Balaban J connectivity index is 2.86. The normalized spacial score (nSPS) is 35.7. The average molecular weight is 356 g/mol. The van der Waals surface area contributed by atoms with E-state index in [-0.39, 0.29) is 6.29 Å². The van der Waals surface area contributed by atoms with Gasteiger partial charge in [0.05, 0.1) is 6.61 Å². The molecule has 12 heteroatoms. The number of hydrogen-bond acceptors (Lipinski definition) is 11. The number of hydrogen-bond donors (Lipinski definition) is 8. The first-order valence-electron chi connectivity index (χ1n) is 6.84. The molecule has 0 aliphatic carbocycles. The topological polar surface area (TPSA) is 214 Å². The summed E-state index contributed by atoms with van der Waals surface area (Å²) in [5.41, 5.74) is 0. The van der Waals surface area contributed by atoms with Crippen molar-refractivity contribution in [3.63, 3.8) is 0 Å². The molecule has 1 fully saturated rings. The van der Waals surface area contributed by atoms with E-state index in [1.807, 2.05) is 0 Å². The quantitative estimate of drug-likeness (QED) is 0.191. The molecule has 1 saturated heterocycles. The van der Waals surface area contributed by atoms with Gasteiger partial charge in [-0.25, -0.2) is 4.79 Å². The van der Waals surface area contributed by atoms with E-state index < -0.39 is 67.7 Å². The van der Waals surface area contributed by atoms with E-state index in [0.29, 0.717) is 0 Å². The molecule has 9 atom stereocenters. The Morgan fingerprint density at radius 3 is 2.12 bits per heavy atom. The zero-order chi connectivity index (χ0) is 18.6. The monoisotopic (exact) mass is 356 g/mol. The lowest BCUT2D eigenvalue weighted by molar-refractivity contribution is -0.308. The molecule has 0 amide bonds. The molecule has 1 aliphatic heterocycles. The van der Waals surface area contributed by atoms with Crippen molar-refractivity contribution >= 4 is 12.3 Å². The van der Waals surface area contributed by atoms with Crippen LogP contribution in [0.3, 0.4) is 0 Å². The highest BCUT2D eigenvalue weighted by Crippen LogP contribution is 2.24. The van der Waals surface area contributed by atoms with Gasteiger partial charge in [0.25, 0.3) is 0 Å². The van der Waals surface area contributed by atoms with Gasteiger partial charge >= 0.3 is 5.97 Å². The van der Waals surface area contributed by atoms with Crippen LogP contribution >= 0.6 is 0 Å². The van der Waals surface area contributed by atoms with E-state index in [4.69, 9.17) is 19.7 Å². The second-order valence-electron chi connectivity index (χ2n) is 5.20. The van der Waals surface area contributed by atoms with Gasteiger partial charge in [-0.2, -0.15) is 0 Å². The van der Waals surface area contributed by atoms with E-state index in [2.05, 4.69) is 0 Å². The van der Waals surface area contributed by atoms with Crippen LogP contribution in [0.1, 0.15) is 0 Å². The summed E-state index contributed by atoms with van der Waals surface area (Å²) in [5, 5.41) is 74.9. The maximum Gasteiger partial charge on any atom is 0.335 e. The van der Waals surface area contributed by atoms with E-state index in [1.54, 1.807) is 0 Å². The molecule has 0 radical (unpaired) electrons. The Labute approximate surface area is 135 Å². The predicted octanol–water partition coefficient (Wildman–Crippen LogP) is -5.46. The molecule has 140 valence electrons. The molecule has 0 unspecified atom stereocenters. The van der Waals surface area contributed by atoms with Crippen LogP contribution in [0.25, 0.3) is 0 Å². The van der Waals surface area contributed by atoms with Crippen molar-refractivity contribution in [2.24, 2.45) is 0 Å². The maximum atomic E-state index is 11.0. The smallest absolute Gasteiger partial charge is 0.335 e. The summed E-state index contributed by atoms with van der Waals surface area (Å²) in [7, 11) is 0. The van der Waals surface area contributed by atoms with Crippen LogP contribution in [-0.4, -0.2) is 115 Å². The van der Waals surface area contributed by atoms with Crippen LogP contribution in [0.4, 0.5) is 0 Å². The van der Waals surface area contributed by atoms with Crippen molar-refractivity contribution in [3.05, 3.63) is 0 Å². The first-order valence-corrected chi connectivity index (χ1v) is 6.84. The minimum atomic E-state index is -2.06. The fourth-order valence-electron chi connectivity index (χ4n) is 2.04. The standard InChI is InChI=1S/C12H20O12/c13-1-3(15)5(16)6(17)4(2-14)23-12-9(20)7(18)8(19)10(24-12)11(21)22/h2-10,12-13,15-20H,1H2,(H,21,22)/t3-,4-,5-,6-,7+,8+,9-,10+,12-/m1/s1. The zero-order valence-corrected chi connectivity index (χ0v) is 12.2. The highest BCUT2D eigenvalue weighted by Gasteiger charge is 2.49. The number of carbonyl (C=O) groups is 2. The number of aldehydes is 1. The second kappa shape index (κ2) is 8.75. The first-order chi connectivity index (χ1) is 11.1. The molecule has 0 spiro atoms. The van der Waals surface area contributed by atoms with Crippen LogP contribution in [0.2, 0.25) is 0 Å². The SMILES string of the molecule is O=C[C@@H](O[C@@H]1O[C@H](C(=O)O)[C@@H](O)[C@H](O)[C@H]1O)[C@@H](O)[C@H](O)[C@H](O)CO. The van der Waals surface area contributed by atoms with Crippen molar-refractivity contribution in [3.8, 4) is 0 Å². The molecule has 24 heavy (non-hydrogen) atoms. The first kappa shape index (κ1) is 20.8. The molecule has 0 aromatic carbocycles. The summed E-state index contributed by atoms with van der Waals surface area (Å²) < 4.78 is 9.60. The predicted molar refractivity (Wildman–Crippen MR) is 70.4 cm³/mol. The molecule has 1 rings (SSSR count). The molecule has 0 saturated carbocycles.